The maximum atomic E-state index is 5.55. The van der Waals surface area contributed by atoms with Gasteiger partial charge in [0.15, 0.2) is 0 Å². The summed E-state index contributed by atoms with van der Waals surface area (Å²) in [6, 6.07) is 0. The van der Waals surface area contributed by atoms with Gasteiger partial charge in [-0.1, -0.05) is 20.8 Å². The molecule has 1 saturated heterocycles. The highest BCUT2D eigenvalue weighted by Crippen LogP contribution is 2.35. The van der Waals surface area contributed by atoms with E-state index in [2.05, 4.69) is 37.8 Å². The lowest BCUT2D eigenvalue weighted by atomic mass is 9.76. The van der Waals surface area contributed by atoms with Crippen molar-refractivity contribution in [3.63, 3.8) is 0 Å². The summed E-state index contributed by atoms with van der Waals surface area (Å²) >= 11 is 2.07. The molecule has 0 spiro atoms. The molecule has 3 heteroatoms. The normalized spacial score (nSPS) is 19.3. The largest absolute Gasteiger partial charge is 0.381 e. The predicted molar refractivity (Wildman–Crippen MR) is 82.4 cm³/mol. The van der Waals surface area contributed by atoms with E-state index in [1.54, 1.807) is 0 Å². The molecule has 0 aromatic heterocycles. The van der Waals surface area contributed by atoms with Crippen molar-refractivity contribution in [1.82, 2.24) is 5.32 Å². The molecule has 1 aliphatic heterocycles. The van der Waals surface area contributed by atoms with Gasteiger partial charge in [0.1, 0.15) is 0 Å². The Hall–Kier alpha value is 0.270. The molecule has 0 aliphatic carbocycles. The molecule has 0 bridgehead atoms. The van der Waals surface area contributed by atoms with Crippen molar-refractivity contribution in [2.75, 3.05) is 37.8 Å². The zero-order valence-electron chi connectivity index (χ0n) is 12.5. The first kappa shape index (κ1) is 16.3. The summed E-state index contributed by atoms with van der Waals surface area (Å²) in [5.41, 5.74) is 0.515. The van der Waals surface area contributed by atoms with Gasteiger partial charge in [0.25, 0.3) is 0 Å². The van der Waals surface area contributed by atoms with Gasteiger partial charge in [-0.15, -0.1) is 0 Å². The zero-order valence-corrected chi connectivity index (χ0v) is 13.3. The molecule has 1 N–H and O–H groups in total. The van der Waals surface area contributed by atoms with Gasteiger partial charge in [-0.2, -0.15) is 11.8 Å². The third-order valence-electron chi connectivity index (χ3n) is 3.81. The van der Waals surface area contributed by atoms with Crippen molar-refractivity contribution in [3.8, 4) is 0 Å². The molecule has 0 aromatic carbocycles. The van der Waals surface area contributed by atoms with E-state index in [1.807, 2.05) is 0 Å². The van der Waals surface area contributed by atoms with Crippen LogP contribution in [0.15, 0.2) is 0 Å². The number of nitrogens with one attached hydrogen (secondary N) is 1. The maximum absolute atomic E-state index is 5.55. The van der Waals surface area contributed by atoms with Crippen LogP contribution in [0.2, 0.25) is 0 Å². The topological polar surface area (TPSA) is 21.3 Å². The maximum Gasteiger partial charge on any atom is 0.0471 e. The lowest BCUT2D eigenvalue weighted by molar-refractivity contribution is 0.00999. The van der Waals surface area contributed by atoms with E-state index in [1.165, 1.54) is 43.7 Å². The van der Waals surface area contributed by atoms with E-state index in [9.17, 15) is 0 Å². The summed E-state index contributed by atoms with van der Waals surface area (Å²) in [4.78, 5) is 0. The van der Waals surface area contributed by atoms with E-state index in [4.69, 9.17) is 4.74 Å². The molecule has 0 radical (unpaired) electrons. The quantitative estimate of drug-likeness (QED) is 0.649. The van der Waals surface area contributed by atoms with Crippen LogP contribution in [-0.2, 0) is 4.74 Å². The molecule has 108 valence electrons. The monoisotopic (exact) mass is 273 g/mol. The first-order chi connectivity index (χ1) is 8.68. The summed E-state index contributed by atoms with van der Waals surface area (Å²) in [5.74, 6) is 3.32. The van der Waals surface area contributed by atoms with Gasteiger partial charge >= 0.3 is 0 Å². The molecule has 2 nitrogen and oxygen atoms in total. The second-order valence-corrected chi connectivity index (χ2v) is 7.33. The van der Waals surface area contributed by atoms with Crippen LogP contribution in [0.25, 0.3) is 0 Å². The summed E-state index contributed by atoms with van der Waals surface area (Å²) in [6.07, 6.45) is 5.22. The molecule has 0 atom stereocenters. The zero-order chi connectivity index (χ0) is 13.3. The van der Waals surface area contributed by atoms with Gasteiger partial charge in [0, 0.05) is 19.8 Å². The summed E-state index contributed by atoms with van der Waals surface area (Å²) in [5, 5.41) is 3.67. The fraction of sp³-hybridized carbons (Fsp3) is 1.00. The molecule has 18 heavy (non-hydrogen) atoms. The van der Waals surface area contributed by atoms with Gasteiger partial charge in [-0.25, -0.2) is 0 Å². The van der Waals surface area contributed by atoms with Crippen molar-refractivity contribution in [2.24, 2.45) is 11.3 Å². The van der Waals surface area contributed by atoms with Gasteiger partial charge < -0.3 is 10.1 Å². The number of thioether (sulfide) groups is 1. The smallest absolute Gasteiger partial charge is 0.0471 e. The first-order valence-corrected chi connectivity index (χ1v) is 8.70. The Labute approximate surface area is 118 Å². The van der Waals surface area contributed by atoms with Crippen LogP contribution < -0.4 is 5.32 Å². The lowest BCUT2D eigenvalue weighted by Crippen LogP contribution is -2.40. The second kappa shape index (κ2) is 9.22. The van der Waals surface area contributed by atoms with Crippen LogP contribution in [0.4, 0.5) is 0 Å². The SMILES string of the molecule is CCSCCCC1(CNCC(C)C)CCOCC1. The first-order valence-electron chi connectivity index (χ1n) is 7.55. The highest BCUT2D eigenvalue weighted by atomic mass is 32.2. The Kier molecular flexibility index (Phi) is 8.36. The van der Waals surface area contributed by atoms with Crippen LogP contribution in [-0.4, -0.2) is 37.8 Å². The molecule has 1 fully saturated rings. The molecule has 1 rings (SSSR count). The summed E-state index contributed by atoms with van der Waals surface area (Å²) in [7, 11) is 0. The van der Waals surface area contributed by atoms with E-state index < -0.39 is 0 Å². The van der Waals surface area contributed by atoms with E-state index >= 15 is 0 Å². The van der Waals surface area contributed by atoms with E-state index in [0.717, 1.165) is 25.7 Å². The third-order valence-corrected chi connectivity index (χ3v) is 4.79. The molecule has 0 unspecified atom stereocenters. The minimum atomic E-state index is 0.515. The van der Waals surface area contributed by atoms with Crippen LogP contribution in [0, 0.1) is 11.3 Å². The summed E-state index contributed by atoms with van der Waals surface area (Å²) < 4.78 is 5.55. The average molecular weight is 273 g/mol. The fourth-order valence-corrected chi connectivity index (χ4v) is 3.28. The van der Waals surface area contributed by atoms with Crippen LogP contribution in [0.1, 0.15) is 46.5 Å². The molecule has 0 amide bonds. The highest BCUT2D eigenvalue weighted by molar-refractivity contribution is 7.99. The van der Waals surface area contributed by atoms with Gasteiger partial charge in [0.2, 0.25) is 0 Å². The fourth-order valence-electron chi connectivity index (χ4n) is 2.64. The van der Waals surface area contributed by atoms with Crippen LogP contribution in [0.3, 0.4) is 0 Å². The Bertz CT molecular complexity index is 203. The third kappa shape index (κ3) is 6.44. The van der Waals surface area contributed by atoms with Gasteiger partial charge in [0.05, 0.1) is 0 Å². The molecule has 1 aliphatic rings. The minimum absolute atomic E-state index is 0.515. The molecular formula is C15H31NOS. The van der Waals surface area contributed by atoms with Crippen LogP contribution >= 0.6 is 11.8 Å². The predicted octanol–water partition coefficient (Wildman–Crippen LogP) is 3.56. The summed E-state index contributed by atoms with van der Waals surface area (Å²) in [6.45, 7) is 11.1. The minimum Gasteiger partial charge on any atom is -0.381 e. The molecule has 0 saturated carbocycles. The second-order valence-electron chi connectivity index (χ2n) is 5.94. The Morgan fingerprint density at radius 3 is 2.61 bits per heavy atom. The molecule has 1 heterocycles. The van der Waals surface area contributed by atoms with Gasteiger partial charge in [-0.3, -0.25) is 0 Å². The standard InChI is InChI=1S/C15H31NOS/c1-4-18-11-5-6-15(7-9-17-10-8-15)13-16-12-14(2)3/h14,16H,4-13H2,1-3H3. The Balaban J connectivity index is 2.32. The van der Waals surface area contributed by atoms with Crippen molar-refractivity contribution in [1.29, 1.82) is 0 Å². The number of rotatable bonds is 9. The highest BCUT2D eigenvalue weighted by Gasteiger charge is 2.31. The number of hydrogen-bond acceptors (Lipinski definition) is 3. The van der Waals surface area contributed by atoms with Crippen molar-refractivity contribution >= 4 is 11.8 Å². The Morgan fingerprint density at radius 2 is 2.00 bits per heavy atom. The average Bonchev–Trinajstić information content (AvgIpc) is 2.36. The van der Waals surface area contributed by atoms with Crippen molar-refractivity contribution in [2.45, 2.75) is 46.5 Å². The molecule has 0 aromatic rings. The van der Waals surface area contributed by atoms with Crippen molar-refractivity contribution in [3.05, 3.63) is 0 Å². The lowest BCUT2D eigenvalue weighted by Gasteiger charge is -2.38. The Morgan fingerprint density at radius 1 is 1.28 bits per heavy atom. The van der Waals surface area contributed by atoms with Crippen molar-refractivity contribution < 1.29 is 4.74 Å². The molecular weight excluding hydrogens is 242 g/mol. The number of hydrogen-bond donors (Lipinski definition) is 1. The number of ether oxygens (including phenoxy) is 1. The van der Waals surface area contributed by atoms with E-state index in [0.29, 0.717) is 5.41 Å². The van der Waals surface area contributed by atoms with Gasteiger partial charge in [-0.05, 0) is 55.1 Å². The van der Waals surface area contributed by atoms with E-state index in [-0.39, 0.29) is 0 Å². The van der Waals surface area contributed by atoms with Crippen LogP contribution in [0.5, 0.6) is 0 Å².